The van der Waals surface area contributed by atoms with Gasteiger partial charge in [0.15, 0.2) is 0 Å². The van der Waals surface area contributed by atoms with E-state index in [4.69, 9.17) is 9.97 Å². The van der Waals surface area contributed by atoms with Gasteiger partial charge in [-0.3, -0.25) is 9.38 Å². The van der Waals surface area contributed by atoms with Crippen molar-refractivity contribution in [3.05, 3.63) is 84.3 Å². The van der Waals surface area contributed by atoms with E-state index in [9.17, 15) is 0 Å². The summed E-state index contributed by atoms with van der Waals surface area (Å²) in [7, 11) is 0. The van der Waals surface area contributed by atoms with Crippen LogP contribution in [0.5, 0.6) is 0 Å². The van der Waals surface area contributed by atoms with Crippen LogP contribution in [0.2, 0.25) is 0 Å². The molecule has 1 aliphatic rings. The topological polar surface area (TPSA) is 43.1 Å². The molecule has 0 atom stereocenters. The summed E-state index contributed by atoms with van der Waals surface area (Å²) in [6.45, 7) is 0. The van der Waals surface area contributed by atoms with Gasteiger partial charge in [0.1, 0.15) is 16.8 Å². The number of hydrogen-bond donors (Lipinski definition) is 0. The monoisotopic (exact) mass is 358 g/mol. The van der Waals surface area contributed by atoms with Crippen molar-refractivity contribution in [3.8, 4) is 11.1 Å². The molecule has 1 aliphatic carbocycles. The molecule has 130 valence electrons. The number of rotatable bonds is 0. The third-order valence-electron chi connectivity index (χ3n) is 5.92. The molecule has 4 aromatic heterocycles. The van der Waals surface area contributed by atoms with Gasteiger partial charge in [0.25, 0.3) is 0 Å². The second-order valence-electron chi connectivity index (χ2n) is 7.37. The summed E-state index contributed by atoms with van der Waals surface area (Å²) < 4.78 is 2.17. The molecule has 4 heteroatoms. The third kappa shape index (κ3) is 1.63. The first-order valence-corrected chi connectivity index (χ1v) is 9.43. The number of fused-ring (bicyclic) bond motifs is 12. The largest absolute Gasteiger partial charge is 0.276 e. The van der Waals surface area contributed by atoms with Crippen molar-refractivity contribution in [2.45, 2.75) is 6.42 Å². The smallest absolute Gasteiger partial charge is 0.147 e. The minimum absolute atomic E-state index is 0.892. The molecule has 0 aliphatic heterocycles. The molecule has 6 aromatic rings. The maximum absolute atomic E-state index is 4.94. The lowest BCUT2D eigenvalue weighted by atomic mass is 9.96. The maximum Gasteiger partial charge on any atom is 0.147 e. The Kier molecular flexibility index (Phi) is 2.51. The molecule has 4 nitrogen and oxygen atoms in total. The highest BCUT2D eigenvalue weighted by atomic mass is 15.1. The van der Waals surface area contributed by atoms with Crippen molar-refractivity contribution >= 4 is 38.5 Å². The zero-order valence-electron chi connectivity index (χ0n) is 14.9. The average molecular weight is 358 g/mol. The van der Waals surface area contributed by atoms with Gasteiger partial charge in [0.2, 0.25) is 0 Å². The van der Waals surface area contributed by atoms with Crippen LogP contribution in [0, 0.1) is 0 Å². The molecule has 0 N–H and O–H groups in total. The molecule has 2 aromatic carbocycles. The Morgan fingerprint density at radius 2 is 1.71 bits per heavy atom. The van der Waals surface area contributed by atoms with Crippen LogP contribution in [0.25, 0.3) is 49.6 Å². The summed E-state index contributed by atoms with van der Waals surface area (Å²) in [5, 5.41) is 3.57. The van der Waals surface area contributed by atoms with E-state index in [1.807, 2.05) is 30.7 Å². The molecule has 0 unspecified atom stereocenters. The van der Waals surface area contributed by atoms with Gasteiger partial charge in [-0.15, -0.1) is 0 Å². The molecule has 0 radical (unpaired) electrons. The predicted octanol–water partition coefficient (Wildman–Crippen LogP) is 5.16. The van der Waals surface area contributed by atoms with Gasteiger partial charge < -0.3 is 0 Å². The fourth-order valence-electron chi connectivity index (χ4n) is 4.79. The predicted molar refractivity (Wildman–Crippen MR) is 112 cm³/mol. The van der Waals surface area contributed by atoms with Gasteiger partial charge >= 0.3 is 0 Å². The summed E-state index contributed by atoms with van der Waals surface area (Å²) in [5.41, 5.74) is 9.24. The van der Waals surface area contributed by atoms with Crippen LogP contribution in [0.1, 0.15) is 11.1 Å². The van der Waals surface area contributed by atoms with Gasteiger partial charge in [-0.25, -0.2) is 9.97 Å². The van der Waals surface area contributed by atoms with Crippen LogP contribution < -0.4 is 0 Å². The number of aromatic nitrogens is 4. The third-order valence-corrected chi connectivity index (χ3v) is 5.92. The standard InChI is InChI=1S/C24H14N4/c1-2-5-16-14(4-1)12-15-7-8-18-22(21(15)16)17-6-3-10-26-23(17)28-20-9-11-25-13-19(20)27-24(18)28/h1-11,13H,12H2. The Labute approximate surface area is 160 Å². The van der Waals surface area contributed by atoms with E-state index >= 15 is 0 Å². The van der Waals surface area contributed by atoms with Crippen LogP contribution >= 0.6 is 0 Å². The first-order valence-electron chi connectivity index (χ1n) is 9.43. The van der Waals surface area contributed by atoms with E-state index in [-0.39, 0.29) is 0 Å². The van der Waals surface area contributed by atoms with Crippen molar-refractivity contribution in [3.63, 3.8) is 0 Å². The Bertz CT molecular complexity index is 1590. The molecular weight excluding hydrogens is 344 g/mol. The normalized spacial score (nSPS) is 12.9. The van der Waals surface area contributed by atoms with Crippen molar-refractivity contribution in [1.29, 1.82) is 0 Å². The van der Waals surface area contributed by atoms with Gasteiger partial charge in [0, 0.05) is 28.6 Å². The molecule has 0 spiro atoms. The van der Waals surface area contributed by atoms with Gasteiger partial charge in [0.05, 0.1) is 11.7 Å². The molecule has 0 bridgehead atoms. The van der Waals surface area contributed by atoms with E-state index in [1.54, 1.807) is 0 Å². The minimum Gasteiger partial charge on any atom is -0.276 e. The van der Waals surface area contributed by atoms with Crippen molar-refractivity contribution < 1.29 is 0 Å². The summed E-state index contributed by atoms with van der Waals surface area (Å²) in [5.74, 6) is 0. The first-order chi connectivity index (χ1) is 13.9. The number of pyridine rings is 3. The number of nitrogens with zero attached hydrogens (tertiary/aromatic N) is 4. The summed E-state index contributed by atoms with van der Waals surface area (Å²) in [4.78, 5) is 14.0. The molecule has 7 rings (SSSR count). The Morgan fingerprint density at radius 1 is 0.786 bits per heavy atom. The fourth-order valence-corrected chi connectivity index (χ4v) is 4.79. The van der Waals surface area contributed by atoms with Crippen LogP contribution in [0.15, 0.2) is 73.2 Å². The summed E-state index contributed by atoms with van der Waals surface area (Å²) in [6.07, 6.45) is 6.48. The molecule has 0 amide bonds. The minimum atomic E-state index is 0.892. The highest BCUT2D eigenvalue weighted by Crippen LogP contribution is 2.44. The number of hydrogen-bond acceptors (Lipinski definition) is 3. The molecule has 0 saturated heterocycles. The SMILES string of the molecule is c1ccc2c(c1)Cc1ccc3c(c1-2)c1cccnc1n1c2ccncc2nc31. The second kappa shape index (κ2) is 4.93. The maximum atomic E-state index is 4.94. The Balaban J connectivity index is 1.82. The number of benzene rings is 2. The van der Waals surface area contributed by atoms with E-state index in [1.165, 1.54) is 27.6 Å². The van der Waals surface area contributed by atoms with Crippen LogP contribution in [-0.2, 0) is 6.42 Å². The second-order valence-corrected chi connectivity index (χ2v) is 7.37. The van der Waals surface area contributed by atoms with Gasteiger partial charge in [-0.2, -0.15) is 0 Å². The molecular formula is C24H14N4. The molecule has 28 heavy (non-hydrogen) atoms. The van der Waals surface area contributed by atoms with Crippen LogP contribution in [0.4, 0.5) is 0 Å². The van der Waals surface area contributed by atoms with E-state index in [0.717, 1.165) is 39.5 Å². The van der Waals surface area contributed by atoms with Crippen molar-refractivity contribution in [2.75, 3.05) is 0 Å². The molecule has 0 saturated carbocycles. The van der Waals surface area contributed by atoms with E-state index in [2.05, 4.69) is 51.8 Å². The van der Waals surface area contributed by atoms with Crippen molar-refractivity contribution in [2.24, 2.45) is 0 Å². The summed E-state index contributed by atoms with van der Waals surface area (Å²) >= 11 is 0. The van der Waals surface area contributed by atoms with Gasteiger partial charge in [-0.05, 0) is 46.9 Å². The van der Waals surface area contributed by atoms with Crippen LogP contribution in [0.3, 0.4) is 0 Å². The summed E-state index contributed by atoms with van der Waals surface area (Å²) in [6, 6.07) is 19.4. The zero-order valence-corrected chi connectivity index (χ0v) is 14.9. The Hall–Kier alpha value is -3.79. The lowest BCUT2D eigenvalue weighted by Gasteiger charge is -2.12. The van der Waals surface area contributed by atoms with Crippen LogP contribution in [-0.4, -0.2) is 19.4 Å². The molecule has 0 fully saturated rings. The average Bonchev–Trinajstić information content (AvgIpc) is 3.32. The van der Waals surface area contributed by atoms with E-state index < -0.39 is 0 Å². The molecule has 4 heterocycles. The zero-order chi connectivity index (χ0) is 18.2. The lowest BCUT2D eigenvalue weighted by molar-refractivity contribution is 1.23. The lowest BCUT2D eigenvalue weighted by Crippen LogP contribution is -1.95. The number of imidazole rings is 1. The fraction of sp³-hybridized carbons (Fsp3) is 0.0417. The Morgan fingerprint density at radius 3 is 2.71 bits per heavy atom. The highest BCUT2D eigenvalue weighted by Gasteiger charge is 2.24. The highest BCUT2D eigenvalue weighted by molar-refractivity contribution is 6.19. The van der Waals surface area contributed by atoms with Gasteiger partial charge in [-0.1, -0.05) is 36.4 Å². The first kappa shape index (κ1) is 14.3. The van der Waals surface area contributed by atoms with E-state index in [0.29, 0.717) is 0 Å². The van der Waals surface area contributed by atoms with Crippen molar-refractivity contribution in [1.82, 2.24) is 19.4 Å². The quantitative estimate of drug-likeness (QED) is 0.352.